The maximum atomic E-state index is 9.90. The molecule has 0 unspecified atom stereocenters. The van der Waals surface area contributed by atoms with E-state index >= 15 is 0 Å². The largest absolute Gasteiger partial charge is 0.311 e. The highest BCUT2D eigenvalue weighted by molar-refractivity contribution is 7.25. The average molecular weight is 565 g/mol. The summed E-state index contributed by atoms with van der Waals surface area (Å²) >= 11 is 1.80. The van der Waals surface area contributed by atoms with Crippen molar-refractivity contribution in [2.24, 2.45) is 0 Å². The van der Waals surface area contributed by atoms with Gasteiger partial charge in [-0.15, -0.1) is 11.3 Å². The molecule has 9 rings (SSSR count). The van der Waals surface area contributed by atoms with Gasteiger partial charge in [0.1, 0.15) is 0 Å². The van der Waals surface area contributed by atoms with E-state index in [2.05, 4.69) is 105 Å². The fourth-order valence-electron chi connectivity index (χ4n) is 6.79. The van der Waals surface area contributed by atoms with E-state index in [1.54, 1.807) is 11.3 Å². The summed E-state index contributed by atoms with van der Waals surface area (Å²) in [6.45, 7) is 7.79. The van der Waals surface area contributed by atoms with Crippen LogP contribution in [0.4, 0.5) is 5.69 Å². The Balaban J connectivity index is 1.33. The zero-order valence-corrected chi connectivity index (χ0v) is 23.6. The molecule has 0 aliphatic rings. The van der Waals surface area contributed by atoms with E-state index in [9.17, 15) is 5.26 Å². The van der Waals surface area contributed by atoms with Gasteiger partial charge in [0.25, 0.3) is 0 Å². The van der Waals surface area contributed by atoms with Gasteiger partial charge in [0.05, 0.1) is 34.8 Å². The Hall–Kier alpha value is -5.88. The molecule has 0 saturated heterocycles. The van der Waals surface area contributed by atoms with Crippen LogP contribution in [0.1, 0.15) is 5.56 Å². The van der Waals surface area contributed by atoms with Gasteiger partial charge < -0.3 is 9.13 Å². The van der Waals surface area contributed by atoms with Crippen LogP contribution in [0.2, 0.25) is 0 Å². The van der Waals surface area contributed by atoms with Crippen LogP contribution >= 0.6 is 11.3 Å². The van der Waals surface area contributed by atoms with Crippen molar-refractivity contribution in [2.75, 3.05) is 0 Å². The van der Waals surface area contributed by atoms with Crippen molar-refractivity contribution >= 4 is 80.8 Å². The Bertz CT molecular complexity index is 2520. The van der Waals surface area contributed by atoms with E-state index < -0.39 is 0 Å². The van der Waals surface area contributed by atoms with Crippen LogP contribution in [0.5, 0.6) is 0 Å². The lowest BCUT2D eigenvalue weighted by Crippen LogP contribution is -1.94. The lowest BCUT2D eigenvalue weighted by molar-refractivity contribution is 1.18. The van der Waals surface area contributed by atoms with Gasteiger partial charge in [0, 0.05) is 53.2 Å². The van der Waals surface area contributed by atoms with Gasteiger partial charge in [0.15, 0.2) is 5.69 Å². The first-order chi connectivity index (χ1) is 21.2. The summed E-state index contributed by atoms with van der Waals surface area (Å²) in [4.78, 5) is 3.84. The molecule has 0 atom stereocenters. The molecule has 0 aliphatic heterocycles. The summed E-state index contributed by atoms with van der Waals surface area (Å²) in [5, 5.41) is 16.4. The minimum atomic E-state index is 0.671. The molecule has 43 heavy (non-hydrogen) atoms. The quantitative estimate of drug-likeness (QED) is 0.192. The zero-order chi connectivity index (χ0) is 28.7. The van der Waals surface area contributed by atoms with Crippen LogP contribution in [-0.4, -0.2) is 9.13 Å². The summed E-state index contributed by atoms with van der Waals surface area (Å²) in [6, 6.07) is 44.4. The third-order valence-corrected chi connectivity index (χ3v) is 9.72. The molecule has 3 heterocycles. The summed E-state index contributed by atoms with van der Waals surface area (Å²) in [7, 11) is 0. The number of aromatic nitrogens is 2. The Labute approximate surface area is 250 Å². The molecule has 0 spiro atoms. The average Bonchev–Trinajstić information content (AvgIpc) is 3.71. The van der Waals surface area contributed by atoms with E-state index in [-0.39, 0.29) is 0 Å². The Morgan fingerprint density at radius 1 is 0.558 bits per heavy atom. The molecule has 0 saturated carbocycles. The van der Waals surface area contributed by atoms with Crippen molar-refractivity contribution < 1.29 is 0 Å². The van der Waals surface area contributed by atoms with E-state index in [0.717, 1.165) is 55.0 Å². The molecule has 0 fully saturated rings. The first-order valence-electron chi connectivity index (χ1n) is 14.0. The second-order valence-corrected chi connectivity index (χ2v) is 11.8. The number of thiophene rings is 1. The van der Waals surface area contributed by atoms with Crippen molar-refractivity contribution in [2.45, 2.75) is 0 Å². The molecule has 3 aromatic heterocycles. The Morgan fingerprint density at radius 2 is 1.09 bits per heavy atom. The van der Waals surface area contributed by atoms with E-state index in [4.69, 9.17) is 6.57 Å². The number of benzene rings is 6. The second-order valence-electron chi connectivity index (χ2n) is 10.8. The molecule has 9 aromatic rings. The molecule has 198 valence electrons. The SMILES string of the molecule is [C-]#[N+]c1cccc2c1c1ccccc1n2-c1ccc2sc3ccc(-n4c5ccccc5c5c(C#N)cccc54)cc3c2c1. The number of hydrogen-bond donors (Lipinski definition) is 0. The summed E-state index contributed by atoms with van der Waals surface area (Å²) in [5.74, 6) is 0. The predicted molar refractivity (Wildman–Crippen MR) is 179 cm³/mol. The van der Waals surface area contributed by atoms with E-state index in [1.807, 2.05) is 36.4 Å². The number of hydrogen-bond acceptors (Lipinski definition) is 2. The molecular weight excluding hydrogens is 545 g/mol. The highest BCUT2D eigenvalue weighted by Crippen LogP contribution is 2.41. The third kappa shape index (κ3) is 3.23. The standard InChI is InChI=1S/C38H20N4S/c1-40-30-11-7-15-34-38(30)27-10-3-5-13-32(27)42(34)25-17-19-36-29(21-25)28-20-24(16-18-35(28)43-36)41-31-12-4-2-9-26(31)37-23(22-39)8-6-14-33(37)41/h2-21H. The van der Waals surface area contributed by atoms with Gasteiger partial charge in [-0.2, -0.15) is 5.26 Å². The van der Waals surface area contributed by atoms with Crippen molar-refractivity contribution in [3.05, 3.63) is 138 Å². The van der Waals surface area contributed by atoms with Crippen LogP contribution in [0.25, 0.3) is 80.0 Å². The molecule has 0 radical (unpaired) electrons. The molecule has 5 heteroatoms. The molecule has 0 aliphatic carbocycles. The van der Waals surface area contributed by atoms with Gasteiger partial charge in [0.2, 0.25) is 0 Å². The number of rotatable bonds is 2. The maximum Gasteiger partial charge on any atom is 0.197 e. The fourth-order valence-corrected chi connectivity index (χ4v) is 7.86. The molecule has 0 N–H and O–H groups in total. The fraction of sp³-hybridized carbons (Fsp3) is 0. The Morgan fingerprint density at radius 3 is 1.70 bits per heavy atom. The van der Waals surface area contributed by atoms with Gasteiger partial charge in [-0.1, -0.05) is 54.6 Å². The Kier molecular flexibility index (Phi) is 4.87. The van der Waals surface area contributed by atoms with Crippen molar-refractivity contribution in [1.29, 1.82) is 5.26 Å². The highest BCUT2D eigenvalue weighted by atomic mass is 32.1. The lowest BCUT2D eigenvalue weighted by Gasteiger charge is -2.10. The normalized spacial score (nSPS) is 11.7. The molecule has 6 aromatic carbocycles. The number of nitriles is 1. The van der Waals surface area contributed by atoms with Crippen molar-refractivity contribution in [3.63, 3.8) is 0 Å². The van der Waals surface area contributed by atoms with Gasteiger partial charge >= 0.3 is 0 Å². The molecule has 0 bridgehead atoms. The second kappa shape index (κ2) is 8.81. The smallest absolute Gasteiger partial charge is 0.197 e. The van der Waals surface area contributed by atoms with Crippen molar-refractivity contribution in [1.82, 2.24) is 9.13 Å². The first-order valence-corrected chi connectivity index (χ1v) is 14.9. The highest BCUT2D eigenvalue weighted by Gasteiger charge is 2.18. The molecular formula is C38H20N4S. The summed E-state index contributed by atoms with van der Waals surface area (Å²) < 4.78 is 7.01. The van der Waals surface area contributed by atoms with Crippen molar-refractivity contribution in [3.8, 4) is 17.4 Å². The van der Waals surface area contributed by atoms with Crippen LogP contribution in [-0.2, 0) is 0 Å². The predicted octanol–water partition coefficient (Wildman–Crippen LogP) is 10.7. The topological polar surface area (TPSA) is 38.0 Å². The number of para-hydroxylation sites is 2. The van der Waals surface area contributed by atoms with Gasteiger partial charge in [-0.3, -0.25) is 0 Å². The minimum Gasteiger partial charge on any atom is -0.311 e. The third-order valence-electron chi connectivity index (χ3n) is 8.57. The van der Waals surface area contributed by atoms with Crippen LogP contribution in [0, 0.1) is 17.9 Å². The summed E-state index contributed by atoms with van der Waals surface area (Å²) in [5.41, 5.74) is 7.73. The summed E-state index contributed by atoms with van der Waals surface area (Å²) in [6.07, 6.45) is 0. The van der Waals surface area contributed by atoms with Crippen LogP contribution in [0.15, 0.2) is 121 Å². The van der Waals surface area contributed by atoms with Gasteiger partial charge in [-0.25, -0.2) is 4.85 Å². The lowest BCUT2D eigenvalue weighted by atomic mass is 10.1. The van der Waals surface area contributed by atoms with Gasteiger partial charge in [-0.05, 0) is 72.1 Å². The zero-order valence-electron chi connectivity index (χ0n) is 22.7. The number of fused-ring (bicyclic) bond motifs is 9. The van der Waals surface area contributed by atoms with E-state index in [1.165, 1.54) is 20.2 Å². The monoisotopic (exact) mass is 564 g/mol. The first kappa shape index (κ1) is 23.8. The van der Waals surface area contributed by atoms with Crippen LogP contribution in [0.3, 0.4) is 0 Å². The maximum absolute atomic E-state index is 9.90. The van der Waals surface area contributed by atoms with Crippen LogP contribution < -0.4 is 0 Å². The minimum absolute atomic E-state index is 0.671. The van der Waals surface area contributed by atoms with E-state index in [0.29, 0.717) is 11.3 Å². The molecule has 4 nitrogen and oxygen atoms in total. The molecule has 0 amide bonds. The number of nitrogens with zero attached hydrogens (tertiary/aromatic N) is 4.